The van der Waals surface area contributed by atoms with E-state index in [0.717, 1.165) is 9.69 Å². The van der Waals surface area contributed by atoms with Crippen LogP contribution in [0.15, 0.2) is 12.1 Å². The number of hydrogen-bond donors (Lipinski definition) is 3. The Morgan fingerprint density at radius 3 is 2.27 bits per heavy atom. The number of carbonyl (C=O) groups is 4. The van der Waals surface area contributed by atoms with Gasteiger partial charge in [-0.15, -0.1) is 0 Å². The maximum Gasteiger partial charge on any atom is 0.316 e. The summed E-state index contributed by atoms with van der Waals surface area (Å²) in [5.74, 6) is -4.86. The van der Waals surface area contributed by atoms with E-state index in [1.165, 1.54) is 19.1 Å². The second kappa shape index (κ2) is 9.99. The molecule has 1 unspecified atom stereocenters. The van der Waals surface area contributed by atoms with Crippen LogP contribution in [0, 0.1) is 5.92 Å². The number of halogens is 1. The first-order valence-electron chi connectivity index (χ1n) is 7.60. The highest BCUT2D eigenvalue weighted by molar-refractivity contribution is 14.1. The van der Waals surface area contributed by atoms with Gasteiger partial charge in [-0.1, -0.05) is 29.5 Å². The van der Waals surface area contributed by atoms with Crippen molar-refractivity contribution in [1.82, 2.24) is 4.68 Å². The summed E-state index contributed by atoms with van der Waals surface area (Å²) in [6.07, 6.45) is -0.558. The molecule has 0 aliphatic carbocycles. The predicted octanol–water partition coefficient (Wildman–Crippen LogP) is 0.760. The number of esters is 2. The molecule has 1 rings (SSSR count). The Kier molecular flexibility index (Phi) is 8.35. The van der Waals surface area contributed by atoms with Crippen molar-refractivity contribution in [3.63, 3.8) is 0 Å². The molecule has 26 heavy (non-hydrogen) atoms. The number of carboxylic acids is 1. The minimum absolute atomic E-state index is 0.0228. The van der Waals surface area contributed by atoms with Gasteiger partial charge in [-0.25, -0.2) is 5.01 Å². The van der Waals surface area contributed by atoms with Crippen molar-refractivity contribution < 1.29 is 39.2 Å². The molecular weight excluding hydrogens is 463 g/mol. The Bertz CT molecular complexity index is 668. The molecule has 0 bridgehead atoms. The van der Waals surface area contributed by atoms with Crippen LogP contribution in [0.25, 0.3) is 0 Å². The number of alkyl halides is 1. The lowest BCUT2D eigenvalue weighted by Crippen LogP contribution is -2.42. The monoisotopic (exact) mass is 482 g/mol. The average Bonchev–Trinajstić information content (AvgIpc) is 2.91. The first kappa shape index (κ1) is 21.7. The molecule has 0 aliphatic heterocycles. The summed E-state index contributed by atoms with van der Waals surface area (Å²) < 4.78 is 5.50. The SMILES string of the molecule is CC(CCC(=O)O)C(=O)OC(=O)CCN(C(=O)CI)n1c(O)ccc1O. The fourth-order valence-corrected chi connectivity index (χ4v) is 2.37. The van der Waals surface area contributed by atoms with Gasteiger partial charge in [-0.3, -0.25) is 19.2 Å². The molecule has 1 amide bonds. The van der Waals surface area contributed by atoms with E-state index in [0.29, 0.717) is 0 Å². The van der Waals surface area contributed by atoms with Crippen LogP contribution < -0.4 is 5.01 Å². The number of rotatable bonds is 9. The fraction of sp³-hybridized carbons (Fsp3) is 0.467. The molecule has 0 saturated carbocycles. The first-order valence-corrected chi connectivity index (χ1v) is 9.12. The Morgan fingerprint density at radius 2 is 1.77 bits per heavy atom. The van der Waals surface area contributed by atoms with Crippen molar-refractivity contribution in [2.75, 3.05) is 16.0 Å². The molecule has 144 valence electrons. The van der Waals surface area contributed by atoms with Gasteiger partial charge in [0.2, 0.25) is 11.8 Å². The van der Waals surface area contributed by atoms with Crippen molar-refractivity contribution in [2.24, 2.45) is 5.92 Å². The molecule has 1 heterocycles. The number of aromatic hydroxyl groups is 2. The van der Waals surface area contributed by atoms with Crippen LogP contribution in [0.3, 0.4) is 0 Å². The van der Waals surface area contributed by atoms with E-state index in [1.807, 2.05) is 0 Å². The van der Waals surface area contributed by atoms with Crippen LogP contribution >= 0.6 is 22.6 Å². The molecule has 0 spiro atoms. The number of nitrogens with zero attached hydrogens (tertiary/aromatic N) is 2. The van der Waals surface area contributed by atoms with Crippen molar-refractivity contribution in [3.05, 3.63) is 12.1 Å². The summed E-state index contributed by atoms with van der Waals surface area (Å²) in [7, 11) is 0. The number of aromatic nitrogens is 1. The van der Waals surface area contributed by atoms with E-state index in [2.05, 4.69) is 4.74 Å². The van der Waals surface area contributed by atoms with Crippen LogP contribution in [0.4, 0.5) is 0 Å². The van der Waals surface area contributed by atoms with Gasteiger partial charge in [0.15, 0.2) is 0 Å². The number of carbonyl (C=O) groups excluding carboxylic acids is 3. The van der Waals surface area contributed by atoms with Gasteiger partial charge >= 0.3 is 17.9 Å². The number of ether oxygens (including phenoxy) is 1. The molecule has 1 aromatic rings. The van der Waals surface area contributed by atoms with Crippen molar-refractivity contribution in [1.29, 1.82) is 0 Å². The number of aliphatic carboxylic acids is 1. The lowest BCUT2D eigenvalue weighted by Gasteiger charge is -2.23. The minimum atomic E-state index is -1.06. The van der Waals surface area contributed by atoms with E-state index in [1.54, 1.807) is 22.6 Å². The molecule has 0 fully saturated rings. The first-order chi connectivity index (χ1) is 12.2. The van der Waals surface area contributed by atoms with Gasteiger partial charge in [0.1, 0.15) is 0 Å². The molecule has 1 atom stereocenters. The highest BCUT2D eigenvalue weighted by Gasteiger charge is 2.23. The molecule has 10 nitrogen and oxygen atoms in total. The second-order valence-electron chi connectivity index (χ2n) is 5.39. The zero-order chi connectivity index (χ0) is 19.9. The van der Waals surface area contributed by atoms with E-state index < -0.39 is 41.5 Å². The lowest BCUT2D eigenvalue weighted by molar-refractivity contribution is -0.162. The average molecular weight is 482 g/mol. The lowest BCUT2D eigenvalue weighted by atomic mass is 10.1. The highest BCUT2D eigenvalue weighted by atomic mass is 127. The quantitative estimate of drug-likeness (QED) is 0.202. The van der Waals surface area contributed by atoms with Gasteiger partial charge in [-0.05, 0) is 6.42 Å². The van der Waals surface area contributed by atoms with Crippen LogP contribution in [0.1, 0.15) is 26.2 Å². The highest BCUT2D eigenvalue weighted by Crippen LogP contribution is 2.22. The Labute approximate surface area is 162 Å². The van der Waals surface area contributed by atoms with Crippen molar-refractivity contribution in [3.8, 4) is 11.8 Å². The molecule has 0 radical (unpaired) electrons. The summed E-state index contributed by atoms with van der Waals surface area (Å²) in [6, 6.07) is 2.35. The van der Waals surface area contributed by atoms with E-state index in [-0.39, 0.29) is 30.2 Å². The van der Waals surface area contributed by atoms with Gasteiger partial charge in [-0.2, -0.15) is 4.68 Å². The molecule has 3 N–H and O–H groups in total. The summed E-state index contributed by atoms with van der Waals surface area (Å²) in [5.41, 5.74) is 0. The zero-order valence-electron chi connectivity index (χ0n) is 13.9. The summed E-state index contributed by atoms with van der Waals surface area (Å²) in [6.45, 7) is 1.20. The molecule has 0 aromatic carbocycles. The maximum atomic E-state index is 12.0. The van der Waals surface area contributed by atoms with Gasteiger partial charge in [0.05, 0.1) is 23.3 Å². The van der Waals surface area contributed by atoms with Crippen LogP contribution in [0.2, 0.25) is 0 Å². The maximum absolute atomic E-state index is 12.0. The second-order valence-corrected chi connectivity index (χ2v) is 6.15. The molecule has 11 heteroatoms. The minimum Gasteiger partial charge on any atom is -0.493 e. The third-order valence-electron chi connectivity index (χ3n) is 3.39. The summed E-state index contributed by atoms with van der Waals surface area (Å²) in [5, 5.41) is 29.0. The third kappa shape index (κ3) is 6.20. The van der Waals surface area contributed by atoms with Crippen molar-refractivity contribution in [2.45, 2.75) is 26.2 Å². The number of amides is 1. The van der Waals surface area contributed by atoms with E-state index >= 15 is 0 Å². The molecule has 0 aliphatic rings. The standard InChI is InChI=1S/C15H19IN2O8/c1-9(2-5-13(22)23)15(25)26-14(24)6-7-17(12(21)8-16)18-10(19)3-4-11(18)20/h3-4,9,19-20H,2,5-8H2,1H3,(H,22,23). The number of carboxylic acid groups (broad SMARTS) is 1. The predicted molar refractivity (Wildman–Crippen MR) is 96.5 cm³/mol. The fourth-order valence-electron chi connectivity index (χ4n) is 1.98. The van der Waals surface area contributed by atoms with Gasteiger partial charge < -0.3 is 20.1 Å². The summed E-state index contributed by atoms with van der Waals surface area (Å²) >= 11 is 1.79. The van der Waals surface area contributed by atoms with Crippen LogP contribution in [-0.2, 0) is 23.9 Å². The molecule has 1 aromatic heterocycles. The van der Waals surface area contributed by atoms with Crippen LogP contribution in [-0.4, -0.2) is 54.8 Å². The molecule has 0 saturated heterocycles. The third-order valence-corrected chi connectivity index (χ3v) is 4.05. The summed E-state index contributed by atoms with van der Waals surface area (Å²) in [4.78, 5) is 46.0. The Balaban J connectivity index is 2.66. The zero-order valence-corrected chi connectivity index (χ0v) is 16.1. The normalized spacial score (nSPS) is 11.6. The van der Waals surface area contributed by atoms with Gasteiger partial charge in [0, 0.05) is 18.6 Å². The Morgan fingerprint density at radius 1 is 1.19 bits per heavy atom. The van der Waals surface area contributed by atoms with Crippen LogP contribution in [0.5, 0.6) is 11.8 Å². The van der Waals surface area contributed by atoms with E-state index in [4.69, 9.17) is 5.11 Å². The molecular formula is C15H19IN2O8. The van der Waals surface area contributed by atoms with Gasteiger partial charge in [0.25, 0.3) is 5.91 Å². The Hall–Kier alpha value is -2.31. The van der Waals surface area contributed by atoms with E-state index in [9.17, 15) is 29.4 Å². The topological polar surface area (TPSA) is 146 Å². The van der Waals surface area contributed by atoms with Crippen molar-refractivity contribution >= 4 is 46.4 Å². The number of hydrogen-bond acceptors (Lipinski definition) is 7. The smallest absolute Gasteiger partial charge is 0.316 e. The largest absolute Gasteiger partial charge is 0.493 e.